The molecule has 15 aromatic carbocycles. The van der Waals surface area contributed by atoms with Crippen molar-refractivity contribution < 1.29 is 0 Å². The average Bonchev–Trinajstić information content (AvgIpc) is 0.673. The molecule has 0 saturated heterocycles. The molecule has 3 aliphatic heterocycles. The number of benzene rings is 15. The molecule has 0 spiro atoms. The van der Waals surface area contributed by atoms with Crippen LogP contribution in [-0.4, -0.2) is 22.9 Å². The summed E-state index contributed by atoms with van der Waals surface area (Å²) in [5, 5.41) is 11.2. The van der Waals surface area contributed by atoms with E-state index in [-0.39, 0.29) is 6.71 Å². The first-order valence-corrected chi connectivity index (χ1v) is 37.1. The Kier molecular flexibility index (Phi) is 13.7. The first kappa shape index (κ1) is 56.2. The summed E-state index contributed by atoms with van der Waals surface area (Å²) in [4.78, 5) is 5.27. The van der Waals surface area contributed by atoms with E-state index in [1.807, 2.05) is 0 Å². The summed E-state index contributed by atoms with van der Waals surface area (Å²) in [7, 11) is -6.73. The third kappa shape index (κ3) is 9.06. The fourth-order valence-electron chi connectivity index (χ4n) is 16.3. The van der Waals surface area contributed by atoms with Crippen molar-refractivity contribution in [2.75, 3.05) is 9.80 Å². The largest absolute Gasteiger partial charge is 0.311 e. The zero-order valence-electron chi connectivity index (χ0n) is 52.3. The van der Waals surface area contributed by atoms with E-state index >= 15 is 0 Å². The van der Waals surface area contributed by atoms with Crippen molar-refractivity contribution in [3.05, 3.63) is 382 Å². The van der Waals surface area contributed by atoms with Crippen molar-refractivity contribution >= 4 is 115 Å². The maximum absolute atomic E-state index is 3.53. The Morgan fingerprint density at radius 2 is 0.463 bits per heavy atom. The second-order valence-corrected chi connectivity index (χ2v) is 32.9. The fourth-order valence-corrected chi connectivity index (χ4v) is 28.4. The second kappa shape index (κ2) is 23.2. The van der Waals surface area contributed by atoms with Crippen LogP contribution in [0.2, 0.25) is 0 Å². The molecular formula is C90H63BN2Si2. The molecule has 18 rings (SSSR count). The normalized spacial score (nSPS) is 14.6. The van der Waals surface area contributed by atoms with Crippen LogP contribution >= 0.6 is 0 Å². The van der Waals surface area contributed by atoms with Gasteiger partial charge in [-0.1, -0.05) is 334 Å². The van der Waals surface area contributed by atoms with Crippen LogP contribution in [-0.2, 0) is 0 Å². The molecule has 5 heteroatoms. The van der Waals surface area contributed by atoms with E-state index in [2.05, 4.69) is 392 Å². The minimum Gasteiger partial charge on any atom is -0.311 e. The maximum atomic E-state index is 2.69. The van der Waals surface area contributed by atoms with Crippen LogP contribution in [0.5, 0.6) is 0 Å². The number of fused-ring (bicyclic) bond motifs is 6. The van der Waals surface area contributed by atoms with Gasteiger partial charge in [0.05, 0.1) is 0 Å². The van der Waals surface area contributed by atoms with Crippen LogP contribution in [0.4, 0.5) is 34.1 Å². The van der Waals surface area contributed by atoms with Gasteiger partial charge in [0.1, 0.15) is 0 Å². The summed E-state index contributed by atoms with van der Waals surface area (Å²) in [6.07, 6.45) is 0. The van der Waals surface area contributed by atoms with Crippen LogP contribution < -0.4 is 67.7 Å². The Morgan fingerprint density at radius 3 is 0.832 bits per heavy atom. The molecule has 0 radical (unpaired) electrons. The second-order valence-electron chi connectivity index (χ2n) is 25.4. The molecule has 1 unspecified atom stereocenters. The van der Waals surface area contributed by atoms with Crippen LogP contribution in [0.1, 0.15) is 0 Å². The van der Waals surface area contributed by atoms with Crippen molar-refractivity contribution in [2.45, 2.75) is 0 Å². The smallest absolute Gasteiger partial charge is 0.252 e. The van der Waals surface area contributed by atoms with E-state index in [1.54, 1.807) is 0 Å². The predicted octanol–water partition coefficient (Wildman–Crippen LogP) is 15.2. The molecule has 0 fully saturated rings. The maximum Gasteiger partial charge on any atom is 0.252 e. The summed E-state index contributed by atoms with van der Waals surface area (Å²) in [6.45, 7) is -0.170. The first-order chi connectivity index (χ1) is 47.1. The van der Waals surface area contributed by atoms with Gasteiger partial charge in [0.2, 0.25) is 0 Å². The molecular weight excluding hydrogens is 1180 g/mol. The number of hydrogen-bond acceptors (Lipinski definition) is 2. The van der Waals surface area contributed by atoms with Gasteiger partial charge in [-0.2, -0.15) is 0 Å². The monoisotopic (exact) mass is 1240 g/mol. The average molecular weight is 1240 g/mol. The quantitative estimate of drug-likeness (QED) is 0.119. The van der Waals surface area contributed by atoms with Crippen LogP contribution in [0.3, 0.4) is 0 Å². The van der Waals surface area contributed by atoms with E-state index in [1.165, 1.54) is 136 Å². The molecule has 0 saturated carbocycles. The molecule has 444 valence electrons. The molecule has 15 aromatic rings. The topological polar surface area (TPSA) is 6.48 Å². The summed E-state index contributed by atoms with van der Waals surface area (Å²) in [5.74, 6) is 0. The lowest BCUT2D eigenvalue weighted by atomic mass is 9.33. The zero-order valence-corrected chi connectivity index (χ0v) is 54.3. The van der Waals surface area contributed by atoms with Crippen molar-refractivity contribution in [1.82, 2.24) is 0 Å². The lowest BCUT2D eigenvalue weighted by Gasteiger charge is -2.50. The first-order valence-electron chi connectivity index (χ1n) is 33.1. The van der Waals surface area contributed by atoms with E-state index < -0.39 is 16.1 Å². The Balaban J connectivity index is 1.00. The highest BCUT2D eigenvalue weighted by atomic mass is 28.3. The van der Waals surface area contributed by atoms with Gasteiger partial charge in [-0.05, 0) is 162 Å². The van der Waals surface area contributed by atoms with E-state index in [0.717, 1.165) is 11.4 Å². The highest BCUT2D eigenvalue weighted by Gasteiger charge is 2.58. The van der Waals surface area contributed by atoms with Crippen molar-refractivity contribution in [3.63, 3.8) is 0 Å². The molecule has 0 amide bonds. The number of hydrogen-bond donors (Lipinski definition) is 0. The SMILES string of the molecule is c1ccc(-c2ccc(N3c4ccc(-c5ccccc5)cc4B4c5cc(-c6ccccc6)ccc5N(c5ccc(-c6ccccc6)cc5)c5cc([Si]6(c7ccccc7)c7ccccc7[Si](c7ccccc7)(c7ccccc7)c7cc(-c8ccccc8)ccc76)cc3c54)cc2)cc1. The van der Waals surface area contributed by atoms with Gasteiger partial charge in [-0.3, -0.25) is 0 Å². The molecule has 2 nitrogen and oxygen atoms in total. The van der Waals surface area contributed by atoms with Crippen molar-refractivity contribution in [3.8, 4) is 55.6 Å². The van der Waals surface area contributed by atoms with Gasteiger partial charge in [-0.25, -0.2) is 0 Å². The number of anilines is 6. The summed E-state index contributed by atoms with van der Waals surface area (Å²) >= 11 is 0. The van der Waals surface area contributed by atoms with Crippen molar-refractivity contribution in [1.29, 1.82) is 0 Å². The summed E-state index contributed by atoms with van der Waals surface area (Å²) in [6, 6.07) is 146. The summed E-state index contributed by atoms with van der Waals surface area (Å²) in [5.41, 5.74) is 22.6. The molecule has 3 aliphatic rings. The van der Waals surface area contributed by atoms with Crippen molar-refractivity contribution in [2.24, 2.45) is 0 Å². The number of nitrogens with zero attached hydrogens (tertiary/aromatic N) is 2. The van der Waals surface area contributed by atoms with E-state index in [0.29, 0.717) is 0 Å². The summed E-state index contributed by atoms with van der Waals surface area (Å²) < 4.78 is 0. The van der Waals surface area contributed by atoms with Crippen LogP contribution in [0.25, 0.3) is 55.6 Å². The zero-order chi connectivity index (χ0) is 62.9. The Hall–Kier alpha value is -11.6. The van der Waals surface area contributed by atoms with Gasteiger partial charge in [-0.15, -0.1) is 0 Å². The van der Waals surface area contributed by atoms with Gasteiger partial charge in [0, 0.05) is 34.1 Å². The van der Waals surface area contributed by atoms with E-state index in [9.17, 15) is 0 Å². The molecule has 1 atom stereocenters. The minimum absolute atomic E-state index is 0.170. The Morgan fingerprint density at radius 1 is 0.189 bits per heavy atom. The standard InChI is InChI=1S/C90H63BN2Si2/c1-9-27-64(28-10-1)69-45-52-74(53-46-69)92-82-56-49-71(66-31-13-3-14-32-66)59-80(82)91-81-60-72(67-33-15-4-16-34-67)50-57-83(81)93(75-54-47-70(48-55-75)65-29-11-2-12-30-65)85-63-79(62-84(92)90(85)91)95(78-41-23-8-24-42-78)87-44-26-25-43-86(87)94(76-37-19-6-20-38-76,77-39-21-7-22-40-77)89-61-73(51-58-88(89)95)68-35-17-5-18-36-68/h1-63H. The minimum atomic E-state index is -3.53. The van der Waals surface area contributed by atoms with Gasteiger partial charge in [0.15, 0.2) is 16.1 Å². The number of rotatable bonds is 11. The molecule has 3 heterocycles. The molecule has 0 bridgehead atoms. The molecule has 95 heavy (non-hydrogen) atoms. The molecule has 0 aromatic heterocycles. The lowest BCUT2D eigenvalue weighted by molar-refractivity contribution is 1.26. The highest BCUT2D eigenvalue weighted by molar-refractivity contribution is 7.33. The predicted molar refractivity (Wildman–Crippen MR) is 408 cm³/mol. The van der Waals surface area contributed by atoms with Crippen LogP contribution in [0.15, 0.2) is 382 Å². The Labute approximate surface area is 558 Å². The Bertz CT molecular complexity index is 5090. The fraction of sp³-hybridized carbons (Fsp3) is 0. The molecule has 0 aliphatic carbocycles. The van der Waals surface area contributed by atoms with Crippen LogP contribution in [0, 0.1) is 0 Å². The highest BCUT2D eigenvalue weighted by Crippen LogP contribution is 2.46. The third-order valence-electron chi connectivity index (χ3n) is 20.5. The third-order valence-corrected chi connectivity index (χ3v) is 30.7. The van der Waals surface area contributed by atoms with Gasteiger partial charge < -0.3 is 9.80 Å². The molecule has 0 N–H and O–H groups in total. The van der Waals surface area contributed by atoms with Gasteiger partial charge in [0.25, 0.3) is 6.71 Å². The van der Waals surface area contributed by atoms with Gasteiger partial charge >= 0.3 is 0 Å². The lowest BCUT2D eigenvalue weighted by Crippen LogP contribution is -2.93. The van der Waals surface area contributed by atoms with E-state index in [4.69, 9.17) is 0 Å².